The van der Waals surface area contributed by atoms with E-state index in [1.165, 1.54) is 121 Å². The highest BCUT2D eigenvalue weighted by molar-refractivity contribution is 6.25. The third-order valence-electron chi connectivity index (χ3n) is 14.6. The summed E-state index contributed by atoms with van der Waals surface area (Å²) >= 11 is 0. The second kappa shape index (κ2) is 13.2. The topological polar surface area (TPSA) is 6.48 Å². The smallest absolute Gasteiger partial charge is 0.0529 e. The molecule has 0 fully saturated rings. The first-order valence-corrected chi connectivity index (χ1v) is 22.0. The Morgan fingerprint density at radius 2 is 0.710 bits per heavy atom. The molecule has 2 aliphatic rings. The van der Waals surface area contributed by atoms with Crippen LogP contribution in [0.15, 0.2) is 182 Å². The van der Waals surface area contributed by atoms with Gasteiger partial charge in [-0.25, -0.2) is 0 Å². The molecule has 0 N–H and O–H groups in total. The van der Waals surface area contributed by atoms with E-state index in [9.17, 15) is 0 Å². The maximum absolute atomic E-state index is 2.52. The molecular formula is C60H48N2. The lowest BCUT2D eigenvalue weighted by molar-refractivity contribution is 0.630. The summed E-state index contributed by atoms with van der Waals surface area (Å²) in [4.78, 5) is 4.86. The summed E-state index contributed by atoms with van der Waals surface area (Å²) in [5, 5.41) is 10.1. The van der Waals surface area contributed by atoms with Gasteiger partial charge in [0.2, 0.25) is 0 Å². The lowest BCUT2D eigenvalue weighted by Crippen LogP contribution is -2.31. The van der Waals surface area contributed by atoms with Crippen molar-refractivity contribution in [2.24, 2.45) is 0 Å². The number of anilines is 4. The second-order valence-electron chi connectivity index (χ2n) is 18.5. The molecule has 10 aromatic carbocycles. The molecule has 0 unspecified atom stereocenters. The maximum atomic E-state index is 2.52. The molecule has 0 saturated carbocycles. The number of fused-ring (bicyclic) bond motifs is 9. The zero-order valence-electron chi connectivity index (χ0n) is 36.2. The molecule has 2 heterocycles. The third-order valence-corrected chi connectivity index (χ3v) is 14.6. The molecular weight excluding hydrogens is 749 g/mol. The predicted octanol–water partition coefficient (Wildman–Crippen LogP) is 16.1. The Hall–Kier alpha value is -7.16. The fraction of sp³-hybridized carbons (Fsp3) is 0.133. The number of nitrogens with zero attached hydrogens (tertiary/aromatic N) is 2. The van der Waals surface area contributed by atoms with Crippen LogP contribution in [0.2, 0.25) is 0 Å². The highest BCUT2D eigenvalue weighted by Crippen LogP contribution is 2.55. The second-order valence-corrected chi connectivity index (χ2v) is 18.5. The van der Waals surface area contributed by atoms with Crippen molar-refractivity contribution in [2.75, 3.05) is 23.9 Å². The summed E-state index contributed by atoms with van der Waals surface area (Å²) in [5.41, 5.74) is 17.6. The van der Waals surface area contributed by atoms with E-state index in [2.05, 4.69) is 234 Å². The largest absolute Gasteiger partial charge is 0.344 e. The van der Waals surface area contributed by atoms with Crippen molar-refractivity contribution in [3.8, 4) is 33.4 Å². The van der Waals surface area contributed by atoms with E-state index in [4.69, 9.17) is 0 Å². The van der Waals surface area contributed by atoms with E-state index in [1.807, 2.05) is 0 Å². The summed E-state index contributed by atoms with van der Waals surface area (Å²) in [6.45, 7) is 9.52. The molecule has 298 valence electrons. The minimum atomic E-state index is -0.168. The van der Waals surface area contributed by atoms with E-state index >= 15 is 0 Å². The molecule has 2 nitrogen and oxygen atoms in total. The van der Waals surface area contributed by atoms with Crippen molar-refractivity contribution in [3.63, 3.8) is 0 Å². The van der Waals surface area contributed by atoms with E-state index in [-0.39, 0.29) is 10.8 Å². The number of para-hydroxylation sites is 4. The summed E-state index contributed by atoms with van der Waals surface area (Å²) in [6, 6.07) is 68.6. The molecule has 0 spiro atoms. The molecule has 0 atom stereocenters. The van der Waals surface area contributed by atoms with Crippen molar-refractivity contribution >= 4 is 65.8 Å². The summed E-state index contributed by atoms with van der Waals surface area (Å²) in [5.74, 6) is 0. The standard InChI is InChI=1S/C60H48N2/c1-59(2)50-29-11-13-33-54(50)61(5)57-45(27-17-31-52(57)59)41-23-15-25-43-47(41)36-48-42(46-28-18-32-53-58(46)62(6)55-34-14-12-30-51(55)60(53,3)4)24-16-26-44(48)56(43)49-35-37-19-7-8-20-38(37)39-21-9-10-22-40(39)49/h7-36H,1-6H3. The summed E-state index contributed by atoms with van der Waals surface area (Å²) in [7, 11) is 4.49. The maximum Gasteiger partial charge on any atom is 0.0529 e. The number of hydrogen-bond acceptors (Lipinski definition) is 2. The van der Waals surface area contributed by atoms with Gasteiger partial charge in [-0.05, 0) is 112 Å². The van der Waals surface area contributed by atoms with Gasteiger partial charge in [0.15, 0.2) is 0 Å². The predicted molar refractivity (Wildman–Crippen MR) is 266 cm³/mol. The molecule has 0 saturated heterocycles. The zero-order chi connectivity index (χ0) is 42.1. The average Bonchev–Trinajstić information content (AvgIpc) is 3.31. The van der Waals surface area contributed by atoms with Gasteiger partial charge in [0.25, 0.3) is 0 Å². The summed E-state index contributed by atoms with van der Waals surface area (Å²) in [6.07, 6.45) is 0. The lowest BCUT2D eigenvalue weighted by Gasteiger charge is -2.41. The van der Waals surface area contributed by atoms with Crippen molar-refractivity contribution in [3.05, 3.63) is 204 Å². The first-order chi connectivity index (χ1) is 30.1. The molecule has 0 radical (unpaired) electrons. The Kier molecular flexibility index (Phi) is 7.79. The zero-order valence-corrected chi connectivity index (χ0v) is 36.2. The molecule has 2 heteroatoms. The van der Waals surface area contributed by atoms with Gasteiger partial charge < -0.3 is 9.80 Å². The average molecular weight is 797 g/mol. The fourth-order valence-corrected chi connectivity index (χ4v) is 11.6. The minimum absolute atomic E-state index is 0.168. The van der Waals surface area contributed by atoms with Gasteiger partial charge in [0.1, 0.15) is 0 Å². The minimum Gasteiger partial charge on any atom is -0.344 e. The van der Waals surface area contributed by atoms with Gasteiger partial charge in [0.05, 0.1) is 11.4 Å². The number of benzene rings is 10. The van der Waals surface area contributed by atoms with Crippen LogP contribution in [0.3, 0.4) is 0 Å². The normalized spacial score (nSPS) is 14.8. The van der Waals surface area contributed by atoms with Crippen molar-refractivity contribution in [1.29, 1.82) is 0 Å². The SMILES string of the molecule is CN1c2ccccc2C(C)(C)c2cccc(-c3cccc4c(-c5cc6ccccc6c6ccccc56)c5cccc(-c6cccc7c6N(C)c6ccccc6C7(C)C)c5cc34)c21. The van der Waals surface area contributed by atoms with Gasteiger partial charge >= 0.3 is 0 Å². The molecule has 0 bridgehead atoms. The van der Waals surface area contributed by atoms with Crippen LogP contribution in [-0.2, 0) is 10.8 Å². The third kappa shape index (κ3) is 4.98. The van der Waals surface area contributed by atoms with Crippen LogP contribution in [-0.4, -0.2) is 14.1 Å². The van der Waals surface area contributed by atoms with Gasteiger partial charge in [-0.2, -0.15) is 0 Å². The van der Waals surface area contributed by atoms with Crippen LogP contribution in [0.25, 0.3) is 76.5 Å². The molecule has 62 heavy (non-hydrogen) atoms. The van der Waals surface area contributed by atoms with Crippen LogP contribution in [0.1, 0.15) is 49.9 Å². The highest BCUT2D eigenvalue weighted by atomic mass is 15.1. The summed E-state index contributed by atoms with van der Waals surface area (Å²) < 4.78 is 0. The van der Waals surface area contributed by atoms with Gasteiger partial charge in [-0.15, -0.1) is 0 Å². The van der Waals surface area contributed by atoms with E-state index < -0.39 is 0 Å². The first-order valence-electron chi connectivity index (χ1n) is 22.0. The molecule has 0 aromatic heterocycles. The molecule has 12 rings (SSSR count). The van der Waals surface area contributed by atoms with Crippen LogP contribution >= 0.6 is 0 Å². The quantitative estimate of drug-likeness (QED) is 0.130. The van der Waals surface area contributed by atoms with Gasteiger partial charge in [-0.3, -0.25) is 0 Å². The van der Waals surface area contributed by atoms with Crippen LogP contribution in [0, 0.1) is 0 Å². The Labute approximate surface area is 364 Å². The van der Waals surface area contributed by atoms with Gasteiger partial charge in [-0.1, -0.05) is 185 Å². The van der Waals surface area contributed by atoms with Crippen molar-refractivity contribution in [2.45, 2.75) is 38.5 Å². The van der Waals surface area contributed by atoms with E-state index in [0.717, 1.165) is 0 Å². The Morgan fingerprint density at radius 3 is 1.26 bits per heavy atom. The van der Waals surface area contributed by atoms with Gasteiger partial charge in [0, 0.05) is 47.4 Å². The molecule has 10 aromatic rings. The van der Waals surface area contributed by atoms with Crippen molar-refractivity contribution < 1.29 is 0 Å². The molecule has 0 aliphatic carbocycles. The first kappa shape index (κ1) is 36.7. The molecule has 2 aliphatic heterocycles. The lowest BCUT2D eigenvalue weighted by atomic mass is 9.72. The van der Waals surface area contributed by atoms with Crippen LogP contribution in [0.4, 0.5) is 22.7 Å². The van der Waals surface area contributed by atoms with E-state index in [0.29, 0.717) is 0 Å². The van der Waals surface area contributed by atoms with Crippen molar-refractivity contribution in [1.82, 2.24) is 0 Å². The number of hydrogen-bond donors (Lipinski definition) is 0. The Bertz CT molecular complexity index is 3340. The number of rotatable bonds is 3. The highest BCUT2D eigenvalue weighted by Gasteiger charge is 2.38. The molecule has 0 amide bonds. The van der Waals surface area contributed by atoms with Crippen LogP contribution in [0.5, 0.6) is 0 Å². The van der Waals surface area contributed by atoms with E-state index in [1.54, 1.807) is 0 Å². The fourth-order valence-electron chi connectivity index (χ4n) is 11.6. The Morgan fingerprint density at radius 1 is 0.306 bits per heavy atom. The van der Waals surface area contributed by atoms with Crippen LogP contribution < -0.4 is 9.80 Å². The Balaban J connectivity index is 1.22. The monoisotopic (exact) mass is 796 g/mol.